The van der Waals surface area contributed by atoms with Gasteiger partial charge < -0.3 is 10.3 Å². The molecule has 0 aliphatic heterocycles. The number of nitrogens with zero attached hydrogens (tertiary/aromatic N) is 2. The number of hydrogen-bond donors (Lipinski definition) is 2. The lowest BCUT2D eigenvalue weighted by Gasteiger charge is -2.24. The molecule has 1 rings (SSSR count). The van der Waals surface area contributed by atoms with Crippen LogP contribution >= 0.6 is 0 Å². The highest BCUT2D eigenvalue weighted by Crippen LogP contribution is 2.21. The number of nitrogen functional groups attached to an aromatic ring is 1. The molecule has 20 heavy (non-hydrogen) atoms. The summed E-state index contributed by atoms with van der Waals surface area (Å²) in [6.07, 6.45) is 0.235. The maximum atomic E-state index is 13.6. The Morgan fingerprint density at radius 3 is 2.80 bits per heavy atom. The van der Waals surface area contributed by atoms with E-state index in [1.165, 1.54) is 18.2 Å². The number of benzene rings is 1. The van der Waals surface area contributed by atoms with Crippen molar-refractivity contribution in [1.29, 1.82) is 5.26 Å². The highest BCUT2D eigenvalue weighted by atomic mass is 19.1. The van der Waals surface area contributed by atoms with Crippen molar-refractivity contribution in [2.75, 3.05) is 18.5 Å². The van der Waals surface area contributed by atoms with Gasteiger partial charge in [-0.3, -0.25) is 10.6 Å². The number of nitrogens with one attached hydrogen (secondary N) is 1. The molecule has 0 unspecified atom stereocenters. The summed E-state index contributed by atoms with van der Waals surface area (Å²) in [5, 5.41) is 8.67. The number of para-hydroxylation sites is 1. The second-order valence-corrected chi connectivity index (χ2v) is 4.86. The lowest BCUT2D eigenvalue weighted by atomic mass is 10.1. The Morgan fingerprint density at radius 1 is 1.55 bits per heavy atom. The van der Waals surface area contributed by atoms with Crippen LogP contribution in [0.5, 0.6) is 0 Å². The number of anilines is 1. The van der Waals surface area contributed by atoms with E-state index in [0.29, 0.717) is 13.1 Å². The van der Waals surface area contributed by atoms with Crippen molar-refractivity contribution in [3.05, 3.63) is 29.6 Å². The molecule has 0 aliphatic rings. The molecule has 108 valence electrons. The van der Waals surface area contributed by atoms with Gasteiger partial charge in [0.1, 0.15) is 5.82 Å². The number of carbonyl (C=O) groups is 1. The predicted molar refractivity (Wildman–Crippen MR) is 75.2 cm³/mol. The highest BCUT2D eigenvalue weighted by molar-refractivity contribution is 5.99. The van der Waals surface area contributed by atoms with Crippen LogP contribution in [0, 0.1) is 23.1 Å². The van der Waals surface area contributed by atoms with E-state index in [1.54, 1.807) is 4.90 Å². The Bertz CT molecular complexity index is 510. The molecule has 0 saturated carbocycles. The Hall–Kier alpha value is -2.13. The zero-order valence-corrected chi connectivity index (χ0v) is 11.7. The molecule has 1 aromatic carbocycles. The molecule has 0 aliphatic carbocycles. The summed E-state index contributed by atoms with van der Waals surface area (Å²) < 4.78 is 13.6. The molecule has 0 heterocycles. The molecule has 3 N–H and O–H groups in total. The third-order valence-corrected chi connectivity index (χ3v) is 2.75. The van der Waals surface area contributed by atoms with E-state index < -0.39 is 5.82 Å². The number of amides is 1. The number of nitriles is 1. The van der Waals surface area contributed by atoms with Crippen LogP contribution in [0.3, 0.4) is 0 Å². The fourth-order valence-electron chi connectivity index (χ4n) is 1.92. The van der Waals surface area contributed by atoms with Crippen molar-refractivity contribution in [2.24, 2.45) is 11.8 Å². The minimum absolute atomic E-state index is 0.0248. The fourth-order valence-corrected chi connectivity index (χ4v) is 1.92. The lowest BCUT2D eigenvalue weighted by molar-refractivity contribution is 0.0740. The Morgan fingerprint density at radius 2 is 2.25 bits per heavy atom. The van der Waals surface area contributed by atoms with Crippen molar-refractivity contribution in [3.63, 3.8) is 0 Å². The maximum Gasteiger partial charge on any atom is 0.256 e. The molecule has 5 nitrogen and oxygen atoms in total. The van der Waals surface area contributed by atoms with Gasteiger partial charge in [0.25, 0.3) is 5.91 Å². The molecule has 6 heteroatoms. The molecule has 0 saturated heterocycles. The van der Waals surface area contributed by atoms with E-state index in [9.17, 15) is 9.18 Å². The second-order valence-electron chi connectivity index (χ2n) is 4.86. The van der Waals surface area contributed by atoms with Gasteiger partial charge in [0.15, 0.2) is 0 Å². The van der Waals surface area contributed by atoms with Crippen molar-refractivity contribution >= 4 is 11.6 Å². The molecule has 0 fully saturated rings. The zero-order valence-electron chi connectivity index (χ0n) is 11.7. The summed E-state index contributed by atoms with van der Waals surface area (Å²) in [6, 6.07) is 6.21. The normalized spacial score (nSPS) is 10.2. The van der Waals surface area contributed by atoms with Crippen molar-refractivity contribution in [2.45, 2.75) is 20.3 Å². The van der Waals surface area contributed by atoms with E-state index >= 15 is 0 Å². The summed E-state index contributed by atoms with van der Waals surface area (Å²) in [6.45, 7) is 4.76. The van der Waals surface area contributed by atoms with E-state index in [1.807, 2.05) is 19.9 Å². The average molecular weight is 278 g/mol. The van der Waals surface area contributed by atoms with Gasteiger partial charge in [-0.25, -0.2) is 4.39 Å². The minimum atomic E-state index is -0.580. The van der Waals surface area contributed by atoms with Crippen molar-refractivity contribution in [3.8, 4) is 6.07 Å². The molecule has 1 aromatic rings. The number of rotatable bonds is 6. The minimum Gasteiger partial charge on any atom is -0.337 e. The zero-order chi connectivity index (χ0) is 15.1. The Labute approximate surface area is 118 Å². The van der Waals surface area contributed by atoms with Crippen LogP contribution < -0.4 is 11.3 Å². The van der Waals surface area contributed by atoms with E-state index in [-0.39, 0.29) is 29.5 Å². The largest absolute Gasteiger partial charge is 0.337 e. The van der Waals surface area contributed by atoms with E-state index in [0.717, 1.165) is 0 Å². The fraction of sp³-hybridized carbons (Fsp3) is 0.429. The quantitative estimate of drug-likeness (QED) is 0.617. The molecule has 0 bridgehead atoms. The molecular formula is C14H19FN4O. The Balaban J connectivity index is 3.05. The topological polar surface area (TPSA) is 82.2 Å². The first-order valence-corrected chi connectivity index (χ1v) is 6.42. The first kappa shape index (κ1) is 15.9. The van der Waals surface area contributed by atoms with Gasteiger partial charge in [-0.2, -0.15) is 5.26 Å². The van der Waals surface area contributed by atoms with Crippen LogP contribution in [0.15, 0.2) is 18.2 Å². The van der Waals surface area contributed by atoms with Crippen LogP contribution in [-0.2, 0) is 0 Å². The standard InChI is InChI=1S/C14H19FN4O/c1-10(2)9-19(8-4-7-16)14(20)11-5-3-6-12(15)13(11)18-17/h3,5-6,10,18H,4,8-9,17H2,1-2H3. The summed E-state index contributed by atoms with van der Waals surface area (Å²) >= 11 is 0. The van der Waals surface area contributed by atoms with Gasteiger partial charge in [0.2, 0.25) is 0 Å². The first-order valence-electron chi connectivity index (χ1n) is 6.42. The van der Waals surface area contributed by atoms with Crippen LogP contribution in [-0.4, -0.2) is 23.9 Å². The second kappa shape index (κ2) is 7.46. The van der Waals surface area contributed by atoms with Gasteiger partial charge in [0, 0.05) is 13.1 Å². The van der Waals surface area contributed by atoms with Crippen LogP contribution in [0.25, 0.3) is 0 Å². The van der Waals surface area contributed by atoms with E-state index in [2.05, 4.69) is 5.43 Å². The van der Waals surface area contributed by atoms with Gasteiger partial charge in [-0.05, 0) is 18.1 Å². The van der Waals surface area contributed by atoms with Gasteiger partial charge in [0.05, 0.1) is 23.7 Å². The smallest absolute Gasteiger partial charge is 0.256 e. The summed E-state index contributed by atoms with van der Waals surface area (Å²) in [4.78, 5) is 14.0. The average Bonchev–Trinajstić information content (AvgIpc) is 2.42. The Kier molecular flexibility index (Phi) is 5.94. The summed E-state index contributed by atoms with van der Waals surface area (Å²) in [5.41, 5.74) is 2.37. The maximum absolute atomic E-state index is 13.6. The molecule has 0 atom stereocenters. The van der Waals surface area contributed by atoms with E-state index in [4.69, 9.17) is 11.1 Å². The first-order chi connectivity index (χ1) is 9.51. The van der Waals surface area contributed by atoms with Gasteiger partial charge >= 0.3 is 0 Å². The van der Waals surface area contributed by atoms with Crippen LogP contribution in [0.1, 0.15) is 30.6 Å². The summed E-state index contributed by atoms with van der Waals surface area (Å²) in [7, 11) is 0. The monoisotopic (exact) mass is 278 g/mol. The molecule has 0 spiro atoms. The number of hydrazine groups is 1. The molecule has 0 aromatic heterocycles. The van der Waals surface area contributed by atoms with Gasteiger partial charge in [-0.15, -0.1) is 0 Å². The van der Waals surface area contributed by atoms with Crippen molar-refractivity contribution in [1.82, 2.24) is 4.90 Å². The number of halogens is 1. The predicted octanol–water partition coefficient (Wildman–Crippen LogP) is 2.12. The third-order valence-electron chi connectivity index (χ3n) is 2.75. The van der Waals surface area contributed by atoms with Crippen LogP contribution in [0.4, 0.5) is 10.1 Å². The highest BCUT2D eigenvalue weighted by Gasteiger charge is 2.21. The van der Waals surface area contributed by atoms with Crippen LogP contribution in [0.2, 0.25) is 0 Å². The number of nitrogens with two attached hydrogens (primary N) is 1. The third kappa shape index (κ3) is 3.93. The lowest BCUT2D eigenvalue weighted by Crippen LogP contribution is -2.35. The molecular weight excluding hydrogens is 259 g/mol. The molecule has 1 amide bonds. The molecule has 0 radical (unpaired) electrons. The number of carbonyl (C=O) groups excluding carboxylic acids is 1. The number of hydrogen-bond acceptors (Lipinski definition) is 4. The summed E-state index contributed by atoms with van der Waals surface area (Å²) in [5.74, 6) is 4.62. The van der Waals surface area contributed by atoms with Gasteiger partial charge in [-0.1, -0.05) is 19.9 Å². The SMILES string of the molecule is CC(C)CN(CCC#N)C(=O)c1cccc(F)c1NN. The van der Waals surface area contributed by atoms with Crippen molar-refractivity contribution < 1.29 is 9.18 Å².